The van der Waals surface area contributed by atoms with Gasteiger partial charge in [-0.25, -0.2) is 0 Å². The number of Topliss-reactive ketones (excluding diaryl/α,β-unsaturated/α-hetero) is 1. The lowest BCUT2D eigenvalue weighted by Crippen LogP contribution is -2.38. The molecule has 0 aliphatic carbocycles. The Kier molecular flexibility index (Phi) is 7.22. The quantitative estimate of drug-likeness (QED) is 0.364. The predicted molar refractivity (Wildman–Crippen MR) is 130 cm³/mol. The molecule has 1 atom stereocenters. The molecule has 0 bridgehead atoms. The van der Waals surface area contributed by atoms with Crippen LogP contribution in [-0.4, -0.2) is 66.5 Å². The molecule has 2 aromatic carbocycles. The van der Waals surface area contributed by atoms with Gasteiger partial charge < -0.3 is 24.4 Å². The van der Waals surface area contributed by atoms with E-state index < -0.39 is 17.7 Å². The Balaban J connectivity index is 1.78. The standard InChI is InChI=1S/C27H32N2O5/c1-4-28(5-2)14-15-29-24(18-8-11-21(33-3)12-9-18)23(26(31)27(29)32)25(30)20-10-13-22-19(17-20)7-6-16-34-22/h8-13,17,24,30H,4-7,14-16H2,1-3H3/b25-23-. The van der Waals surface area contributed by atoms with Crippen molar-refractivity contribution in [3.8, 4) is 11.5 Å². The first kappa shape index (κ1) is 23.8. The Bertz CT molecular complexity index is 1090. The molecule has 0 spiro atoms. The number of likely N-dealkylation sites (tertiary alicyclic amines) is 1. The van der Waals surface area contributed by atoms with Crippen LogP contribution in [0.5, 0.6) is 11.5 Å². The molecule has 1 unspecified atom stereocenters. The lowest BCUT2D eigenvalue weighted by atomic mass is 9.94. The van der Waals surface area contributed by atoms with E-state index in [2.05, 4.69) is 18.7 Å². The number of fused-ring (bicyclic) bond motifs is 1. The molecular weight excluding hydrogens is 432 g/mol. The molecule has 34 heavy (non-hydrogen) atoms. The minimum Gasteiger partial charge on any atom is -0.507 e. The largest absolute Gasteiger partial charge is 0.507 e. The van der Waals surface area contributed by atoms with Crippen LogP contribution >= 0.6 is 0 Å². The molecule has 4 rings (SSSR count). The molecule has 0 saturated carbocycles. The van der Waals surface area contributed by atoms with Crippen molar-refractivity contribution >= 4 is 17.4 Å². The van der Waals surface area contributed by atoms with E-state index in [1.54, 1.807) is 30.2 Å². The number of methoxy groups -OCH3 is 1. The van der Waals surface area contributed by atoms with Crippen molar-refractivity contribution in [3.63, 3.8) is 0 Å². The molecular formula is C27H32N2O5. The van der Waals surface area contributed by atoms with E-state index in [1.165, 1.54) is 0 Å². The van der Waals surface area contributed by atoms with Gasteiger partial charge in [0.1, 0.15) is 17.3 Å². The van der Waals surface area contributed by atoms with Crippen LogP contribution in [0.2, 0.25) is 0 Å². The summed E-state index contributed by atoms with van der Waals surface area (Å²) in [4.78, 5) is 30.2. The van der Waals surface area contributed by atoms with E-state index in [0.29, 0.717) is 31.0 Å². The highest BCUT2D eigenvalue weighted by molar-refractivity contribution is 6.46. The number of ketones is 1. The van der Waals surface area contributed by atoms with Crippen LogP contribution in [0.3, 0.4) is 0 Å². The second-order valence-corrected chi connectivity index (χ2v) is 8.57. The van der Waals surface area contributed by atoms with Crippen LogP contribution in [0.4, 0.5) is 0 Å². The number of rotatable bonds is 8. The van der Waals surface area contributed by atoms with E-state index in [1.807, 2.05) is 24.3 Å². The molecule has 180 valence electrons. The molecule has 1 saturated heterocycles. The van der Waals surface area contributed by atoms with Gasteiger partial charge in [0.2, 0.25) is 0 Å². The number of likely N-dealkylation sites (N-methyl/N-ethyl adjacent to an activating group) is 1. The van der Waals surface area contributed by atoms with E-state index in [0.717, 1.165) is 42.8 Å². The molecule has 1 fully saturated rings. The maximum absolute atomic E-state index is 13.2. The maximum atomic E-state index is 13.2. The molecule has 2 aliphatic heterocycles. The molecule has 1 N–H and O–H groups in total. The zero-order chi connectivity index (χ0) is 24.2. The number of hydrogen-bond donors (Lipinski definition) is 1. The average Bonchev–Trinajstić information content (AvgIpc) is 3.13. The summed E-state index contributed by atoms with van der Waals surface area (Å²) in [5, 5.41) is 11.3. The molecule has 7 nitrogen and oxygen atoms in total. The number of aliphatic hydroxyl groups is 1. The first-order chi connectivity index (χ1) is 16.5. The second kappa shape index (κ2) is 10.3. The van der Waals surface area contributed by atoms with Crippen molar-refractivity contribution in [3.05, 3.63) is 64.7 Å². The maximum Gasteiger partial charge on any atom is 0.295 e. The van der Waals surface area contributed by atoms with Crippen LogP contribution in [-0.2, 0) is 16.0 Å². The third-order valence-electron chi connectivity index (χ3n) is 6.71. The Labute approximate surface area is 200 Å². The zero-order valence-corrected chi connectivity index (χ0v) is 20.0. The summed E-state index contributed by atoms with van der Waals surface area (Å²) in [6.45, 7) is 7.54. The van der Waals surface area contributed by atoms with Gasteiger partial charge in [0.25, 0.3) is 11.7 Å². The highest BCUT2D eigenvalue weighted by atomic mass is 16.5. The number of amides is 1. The smallest absolute Gasteiger partial charge is 0.295 e. The van der Waals surface area contributed by atoms with Crippen molar-refractivity contribution in [2.45, 2.75) is 32.7 Å². The van der Waals surface area contributed by atoms with Gasteiger partial charge in [-0.05, 0) is 67.4 Å². The number of nitrogens with zero attached hydrogens (tertiary/aromatic N) is 2. The van der Waals surface area contributed by atoms with Gasteiger partial charge in [-0.1, -0.05) is 26.0 Å². The SMILES string of the molecule is CCN(CC)CCN1C(=O)C(=O)/C(=C(\O)c2ccc3c(c2)CCCO3)C1c1ccc(OC)cc1. The second-order valence-electron chi connectivity index (χ2n) is 8.57. The number of benzene rings is 2. The van der Waals surface area contributed by atoms with Gasteiger partial charge in [0, 0.05) is 18.7 Å². The summed E-state index contributed by atoms with van der Waals surface area (Å²) < 4.78 is 11.0. The molecule has 7 heteroatoms. The summed E-state index contributed by atoms with van der Waals surface area (Å²) in [5.74, 6) is 0.0771. The highest BCUT2D eigenvalue weighted by Crippen LogP contribution is 2.40. The topological polar surface area (TPSA) is 79.3 Å². The third kappa shape index (κ3) is 4.53. The van der Waals surface area contributed by atoms with Crippen LogP contribution in [0.1, 0.15) is 43.0 Å². The fourth-order valence-corrected chi connectivity index (χ4v) is 4.70. The van der Waals surface area contributed by atoms with Gasteiger partial charge in [-0.3, -0.25) is 9.59 Å². The van der Waals surface area contributed by atoms with Crippen LogP contribution < -0.4 is 9.47 Å². The first-order valence-corrected chi connectivity index (χ1v) is 11.9. The van der Waals surface area contributed by atoms with Crippen LogP contribution in [0.25, 0.3) is 5.76 Å². The molecule has 1 amide bonds. The molecule has 0 radical (unpaired) electrons. The Morgan fingerprint density at radius 3 is 2.56 bits per heavy atom. The van der Waals surface area contributed by atoms with Crippen LogP contribution in [0, 0.1) is 0 Å². The van der Waals surface area contributed by atoms with Gasteiger partial charge in [-0.2, -0.15) is 0 Å². The monoisotopic (exact) mass is 464 g/mol. The number of carbonyl (C=O) groups excluding carboxylic acids is 2. The van der Waals surface area contributed by atoms with E-state index in [9.17, 15) is 14.7 Å². The van der Waals surface area contributed by atoms with Gasteiger partial charge in [0.05, 0.1) is 25.3 Å². The average molecular weight is 465 g/mol. The lowest BCUT2D eigenvalue weighted by molar-refractivity contribution is -0.140. The number of ether oxygens (including phenoxy) is 2. The summed E-state index contributed by atoms with van der Waals surface area (Å²) in [6.07, 6.45) is 1.75. The summed E-state index contributed by atoms with van der Waals surface area (Å²) >= 11 is 0. The van der Waals surface area contributed by atoms with Crippen molar-refractivity contribution in [1.29, 1.82) is 0 Å². The highest BCUT2D eigenvalue weighted by Gasteiger charge is 2.46. The van der Waals surface area contributed by atoms with Gasteiger partial charge in [-0.15, -0.1) is 0 Å². The van der Waals surface area contributed by atoms with Crippen molar-refractivity contribution in [2.75, 3.05) is 39.9 Å². The Hall–Kier alpha value is -3.32. The van der Waals surface area contributed by atoms with Crippen molar-refractivity contribution < 1.29 is 24.2 Å². The molecule has 2 heterocycles. The van der Waals surface area contributed by atoms with E-state index >= 15 is 0 Å². The molecule has 2 aliphatic rings. The van der Waals surface area contributed by atoms with Crippen LogP contribution in [0.15, 0.2) is 48.0 Å². The van der Waals surface area contributed by atoms with Crippen molar-refractivity contribution in [2.24, 2.45) is 0 Å². The number of hydrogen-bond acceptors (Lipinski definition) is 6. The normalized spacial score (nSPS) is 19.3. The Morgan fingerprint density at radius 1 is 1.15 bits per heavy atom. The lowest BCUT2D eigenvalue weighted by Gasteiger charge is -2.28. The fraction of sp³-hybridized carbons (Fsp3) is 0.407. The Morgan fingerprint density at radius 2 is 1.88 bits per heavy atom. The zero-order valence-electron chi connectivity index (χ0n) is 20.0. The van der Waals surface area contributed by atoms with Gasteiger partial charge >= 0.3 is 0 Å². The van der Waals surface area contributed by atoms with Gasteiger partial charge in [0.15, 0.2) is 0 Å². The minimum absolute atomic E-state index is 0.117. The predicted octanol–water partition coefficient (Wildman–Crippen LogP) is 3.78. The van der Waals surface area contributed by atoms with E-state index in [-0.39, 0.29) is 11.3 Å². The summed E-state index contributed by atoms with van der Waals surface area (Å²) in [5.41, 5.74) is 2.38. The molecule has 2 aromatic rings. The summed E-state index contributed by atoms with van der Waals surface area (Å²) in [6, 6.07) is 12.0. The number of aliphatic hydroxyl groups excluding tert-OH is 1. The fourth-order valence-electron chi connectivity index (χ4n) is 4.70. The third-order valence-corrected chi connectivity index (χ3v) is 6.71. The number of carbonyl (C=O) groups is 2. The number of aryl methyl sites for hydroxylation is 1. The molecule has 0 aromatic heterocycles. The minimum atomic E-state index is -0.672. The van der Waals surface area contributed by atoms with E-state index in [4.69, 9.17) is 9.47 Å². The first-order valence-electron chi connectivity index (χ1n) is 11.9. The van der Waals surface area contributed by atoms with Crippen molar-refractivity contribution in [1.82, 2.24) is 9.80 Å². The summed E-state index contributed by atoms with van der Waals surface area (Å²) in [7, 11) is 1.59.